The minimum Gasteiger partial charge on any atom is -0.490 e. The lowest BCUT2D eigenvalue weighted by Crippen LogP contribution is -2.25. The smallest absolute Gasteiger partial charge is 0.336 e. The molecule has 1 saturated carbocycles. The van der Waals surface area contributed by atoms with E-state index in [9.17, 15) is 9.90 Å². The summed E-state index contributed by atoms with van der Waals surface area (Å²) in [4.78, 5) is 15.6. The molecule has 1 fully saturated rings. The van der Waals surface area contributed by atoms with Gasteiger partial charge in [-0.05, 0) is 43.5 Å². The highest BCUT2D eigenvalue weighted by molar-refractivity contribution is 6.30. The fraction of sp³-hybridized carbons (Fsp3) is 0.278. The number of halogens is 1. The Kier molecular flexibility index (Phi) is 4.05. The Bertz CT molecular complexity index is 950. The monoisotopic (exact) mass is 357 g/mol. The highest BCUT2D eigenvalue weighted by Gasteiger charge is 2.21. The lowest BCUT2D eigenvalue weighted by molar-refractivity contribution is 0.0699. The maximum absolute atomic E-state index is 11.3. The Balaban J connectivity index is 1.70. The maximum Gasteiger partial charge on any atom is 0.336 e. The second-order valence-corrected chi connectivity index (χ2v) is 6.56. The average molecular weight is 358 g/mol. The van der Waals surface area contributed by atoms with Crippen LogP contribution in [0.5, 0.6) is 5.75 Å². The van der Waals surface area contributed by atoms with Gasteiger partial charge in [-0.2, -0.15) is 5.10 Å². The zero-order valence-electron chi connectivity index (χ0n) is 13.4. The molecule has 0 amide bonds. The molecule has 6 nitrogen and oxygen atoms in total. The van der Waals surface area contributed by atoms with Crippen LogP contribution in [0.3, 0.4) is 0 Å². The number of nitrogens with zero attached hydrogens (tertiary/aromatic N) is 3. The lowest BCUT2D eigenvalue weighted by Gasteiger charge is -2.27. The SMILES string of the molecule is O=C(O)c1ccnc2c1cnn2Cc1cc(Cl)ccc1OC1CCC1. The van der Waals surface area contributed by atoms with Gasteiger partial charge in [0.2, 0.25) is 0 Å². The number of rotatable bonds is 5. The van der Waals surface area contributed by atoms with Gasteiger partial charge in [0.15, 0.2) is 5.65 Å². The number of ether oxygens (including phenoxy) is 1. The minimum absolute atomic E-state index is 0.188. The summed E-state index contributed by atoms with van der Waals surface area (Å²) < 4.78 is 7.71. The molecule has 4 rings (SSSR count). The second-order valence-electron chi connectivity index (χ2n) is 6.13. The first-order valence-electron chi connectivity index (χ1n) is 8.11. The summed E-state index contributed by atoms with van der Waals surface area (Å²) in [5, 5.41) is 14.7. The molecule has 25 heavy (non-hydrogen) atoms. The summed E-state index contributed by atoms with van der Waals surface area (Å²) in [7, 11) is 0. The van der Waals surface area contributed by atoms with E-state index >= 15 is 0 Å². The largest absolute Gasteiger partial charge is 0.490 e. The Morgan fingerprint density at radius 3 is 2.92 bits per heavy atom. The molecule has 0 aliphatic heterocycles. The van der Waals surface area contributed by atoms with Crippen LogP contribution in [0.1, 0.15) is 35.2 Å². The van der Waals surface area contributed by atoms with Crippen molar-refractivity contribution in [2.75, 3.05) is 0 Å². The van der Waals surface area contributed by atoms with Crippen LogP contribution in [0, 0.1) is 0 Å². The van der Waals surface area contributed by atoms with Crippen molar-refractivity contribution in [2.24, 2.45) is 0 Å². The molecule has 1 aliphatic rings. The average Bonchev–Trinajstić information content (AvgIpc) is 2.95. The third-order valence-electron chi connectivity index (χ3n) is 4.46. The molecule has 1 aromatic carbocycles. The van der Waals surface area contributed by atoms with Crippen molar-refractivity contribution in [3.63, 3.8) is 0 Å². The zero-order chi connectivity index (χ0) is 17.4. The molecule has 2 aromatic heterocycles. The van der Waals surface area contributed by atoms with Crippen LogP contribution in [-0.2, 0) is 6.54 Å². The predicted molar refractivity (Wildman–Crippen MR) is 93.3 cm³/mol. The van der Waals surface area contributed by atoms with E-state index in [1.165, 1.54) is 24.9 Å². The van der Waals surface area contributed by atoms with E-state index in [-0.39, 0.29) is 11.7 Å². The Hall–Kier alpha value is -2.60. The minimum atomic E-state index is -0.997. The van der Waals surface area contributed by atoms with Gasteiger partial charge in [0.1, 0.15) is 5.75 Å². The van der Waals surface area contributed by atoms with Crippen LogP contribution in [0.15, 0.2) is 36.7 Å². The molecule has 7 heteroatoms. The van der Waals surface area contributed by atoms with Crippen LogP contribution in [0.4, 0.5) is 0 Å². The molecule has 0 radical (unpaired) electrons. The fourth-order valence-corrected chi connectivity index (χ4v) is 3.09. The molecular formula is C18H16ClN3O3. The van der Waals surface area contributed by atoms with E-state index < -0.39 is 5.97 Å². The van der Waals surface area contributed by atoms with Crippen LogP contribution in [0.25, 0.3) is 11.0 Å². The van der Waals surface area contributed by atoms with Gasteiger partial charge in [0, 0.05) is 16.8 Å². The molecule has 3 aromatic rings. The normalized spacial score (nSPS) is 14.4. The number of aromatic carboxylic acids is 1. The molecule has 0 spiro atoms. The van der Waals surface area contributed by atoms with Gasteiger partial charge < -0.3 is 9.84 Å². The van der Waals surface area contributed by atoms with E-state index in [2.05, 4.69) is 10.1 Å². The number of aromatic nitrogens is 3. The molecule has 0 atom stereocenters. The summed E-state index contributed by atoms with van der Waals surface area (Å²) in [6.07, 6.45) is 6.59. The van der Waals surface area contributed by atoms with Gasteiger partial charge in [-0.25, -0.2) is 14.5 Å². The molecule has 0 saturated heterocycles. The van der Waals surface area contributed by atoms with E-state index in [0.29, 0.717) is 22.6 Å². The molecule has 1 aliphatic carbocycles. The van der Waals surface area contributed by atoms with Crippen molar-refractivity contribution in [1.29, 1.82) is 0 Å². The van der Waals surface area contributed by atoms with Gasteiger partial charge in [0.05, 0.1) is 29.8 Å². The molecular weight excluding hydrogens is 342 g/mol. The van der Waals surface area contributed by atoms with Gasteiger partial charge in [-0.1, -0.05) is 11.6 Å². The first-order chi connectivity index (χ1) is 12.1. The number of carboxylic acids is 1. The third kappa shape index (κ3) is 3.05. The van der Waals surface area contributed by atoms with Crippen LogP contribution in [0.2, 0.25) is 5.02 Å². The van der Waals surface area contributed by atoms with E-state index in [1.807, 2.05) is 12.1 Å². The summed E-state index contributed by atoms with van der Waals surface area (Å²) >= 11 is 6.15. The molecule has 128 valence electrons. The van der Waals surface area contributed by atoms with Crippen molar-refractivity contribution < 1.29 is 14.6 Å². The Morgan fingerprint density at radius 2 is 2.20 bits per heavy atom. The number of fused-ring (bicyclic) bond motifs is 1. The quantitative estimate of drug-likeness (QED) is 0.752. The lowest BCUT2D eigenvalue weighted by atomic mass is 9.96. The number of pyridine rings is 1. The highest BCUT2D eigenvalue weighted by atomic mass is 35.5. The van der Waals surface area contributed by atoms with Gasteiger partial charge >= 0.3 is 5.97 Å². The van der Waals surface area contributed by atoms with Crippen LogP contribution in [-0.4, -0.2) is 31.9 Å². The van der Waals surface area contributed by atoms with E-state index in [4.69, 9.17) is 16.3 Å². The number of hydrogen-bond donors (Lipinski definition) is 1. The van der Waals surface area contributed by atoms with Crippen LogP contribution < -0.4 is 4.74 Å². The predicted octanol–water partition coefficient (Wildman–Crippen LogP) is 3.76. The third-order valence-corrected chi connectivity index (χ3v) is 4.69. The molecule has 2 heterocycles. The van der Waals surface area contributed by atoms with Crippen molar-refractivity contribution in [2.45, 2.75) is 31.9 Å². The fourth-order valence-electron chi connectivity index (χ4n) is 2.90. The summed E-state index contributed by atoms with van der Waals surface area (Å²) in [5.74, 6) is -0.212. The van der Waals surface area contributed by atoms with Gasteiger partial charge in [-0.15, -0.1) is 0 Å². The van der Waals surface area contributed by atoms with Crippen molar-refractivity contribution >= 4 is 28.6 Å². The molecule has 0 unspecified atom stereocenters. The standard InChI is InChI=1S/C18H16ClN3O3/c19-12-4-5-16(25-13-2-1-3-13)11(8-12)10-22-17-15(9-21-22)14(18(23)24)6-7-20-17/h4-9,13H,1-3,10H2,(H,23,24). The molecule has 1 N–H and O–H groups in total. The topological polar surface area (TPSA) is 77.2 Å². The maximum atomic E-state index is 11.3. The number of carbonyl (C=O) groups is 1. The van der Waals surface area contributed by atoms with Gasteiger partial charge in [0.25, 0.3) is 0 Å². The van der Waals surface area contributed by atoms with E-state index in [1.54, 1.807) is 10.7 Å². The van der Waals surface area contributed by atoms with Crippen LogP contribution >= 0.6 is 11.6 Å². The van der Waals surface area contributed by atoms with Crippen molar-refractivity contribution in [3.8, 4) is 5.75 Å². The highest BCUT2D eigenvalue weighted by Crippen LogP contribution is 2.30. The first-order valence-corrected chi connectivity index (χ1v) is 8.48. The Morgan fingerprint density at radius 1 is 1.36 bits per heavy atom. The molecule has 0 bridgehead atoms. The summed E-state index contributed by atoms with van der Waals surface area (Å²) in [6.45, 7) is 0.405. The number of benzene rings is 1. The zero-order valence-corrected chi connectivity index (χ0v) is 14.1. The number of hydrogen-bond acceptors (Lipinski definition) is 4. The van der Waals surface area contributed by atoms with Gasteiger partial charge in [-0.3, -0.25) is 0 Å². The second kappa shape index (κ2) is 6.37. The summed E-state index contributed by atoms with van der Waals surface area (Å²) in [5.41, 5.74) is 1.61. The first kappa shape index (κ1) is 15.9. The summed E-state index contributed by atoms with van der Waals surface area (Å²) in [6, 6.07) is 7.00. The van der Waals surface area contributed by atoms with E-state index in [0.717, 1.165) is 24.2 Å². The van der Waals surface area contributed by atoms with Crippen molar-refractivity contribution in [3.05, 3.63) is 52.8 Å². The van der Waals surface area contributed by atoms with Crippen molar-refractivity contribution in [1.82, 2.24) is 14.8 Å². The number of carboxylic acid groups (broad SMARTS) is 1. The Labute approximate surface area is 149 Å².